The summed E-state index contributed by atoms with van der Waals surface area (Å²) >= 11 is 0. The van der Waals surface area contributed by atoms with Crippen molar-refractivity contribution in [2.24, 2.45) is 0 Å². The first-order chi connectivity index (χ1) is 7.77. The zero-order chi connectivity index (χ0) is 11.8. The Hall–Kier alpha value is -2.35. The van der Waals surface area contributed by atoms with Crippen molar-refractivity contribution in [1.29, 1.82) is 5.26 Å². The van der Waals surface area contributed by atoms with Crippen LogP contribution in [0.5, 0.6) is 5.75 Å². The lowest BCUT2D eigenvalue weighted by Crippen LogP contribution is -2.29. The van der Waals surface area contributed by atoms with Crippen molar-refractivity contribution in [2.45, 2.75) is 0 Å². The van der Waals surface area contributed by atoms with Gasteiger partial charge in [0, 0.05) is 0 Å². The van der Waals surface area contributed by atoms with Gasteiger partial charge in [-0.1, -0.05) is 12.1 Å². The second-order valence-electron chi connectivity index (χ2n) is 2.88. The lowest BCUT2D eigenvalue weighted by atomic mass is 10.2. The molecule has 0 spiro atoms. The molecular formula is C11H10N2O3. The Labute approximate surface area is 92.6 Å². The van der Waals surface area contributed by atoms with Crippen molar-refractivity contribution in [1.82, 2.24) is 5.32 Å². The highest BCUT2D eigenvalue weighted by Crippen LogP contribution is 2.15. The summed E-state index contributed by atoms with van der Waals surface area (Å²) < 4.78 is 5.13. The monoisotopic (exact) mass is 218 g/mol. The number of benzene rings is 1. The molecule has 1 amide bonds. The molecule has 0 unspecified atom stereocenters. The summed E-state index contributed by atoms with van der Waals surface area (Å²) in [6, 6.07) is 8.37. The number of hydrogen-bond acceptors (Lipinski definition) is 4. The summed E-state index contributed by atoms with van der Waals surface area (Å²) in [7, 11) is 0. The van der Waals surface area contributed by atoms with Crippen LogP contribution >= 0.6 is 0 Å². The van der Waals surface area contributed by atoms with Gasteiger partial charge in [-0.25, -0.2) is 0 Å². The molecule has 0 fully saturated rings. The Morgan fingerprint density at radius 3 is 2.94 bits per heavy atom. The van der Waals surface area contributed by atoms with E-state index in [9.17, 15) is 9.59 Å². The van der Waals surface area contributed by atoms with Crippen LogP contribution in [0, 0.1) is 11.3 Å². The fourth-order valence-electron chi connectivity index (χ4n) is 1.04. The van der Waals surface area contributed by atoms with Crippen LogP contribution in [-0.4, -0.2) is 25.3 Å². The van der Waals surface area contributed by atoms with Crippen molar-refractivity contribution >= 4 is 12.2 Å². The number of amides is 1. The van der Waals surface area contributed by atoms with Crippen molar-refractivity contribution in [3.63, 3.8) is 0 Å². The number of carbonyl (C=O) groups excluding carboxylic acids is 2. The zero-order valence-electron chi connectivity index (χ0n) is 8.47. The van der Waals surface area contributed by atoms with Gasteiger partial charge in [-0.15, -0.1) is 0 Å². The topological polar surface area (TPSA) is 79.2 Å². The summed E-state index contributed by atoms with van der Waals surface area (Å²) in [5, 5.41) is 10.6. The summed E-state index contributed by atoms with van der Waals surface area (Å²) in [6.45, 7) is -0.274. The highest BCUT2D eigenvalue weighted by Gasteiger charge is 2.04. The van der Waals surface area contributed by atoms with E-state index in [0.717, 1.165) is 0 Å². The maximum atomic E-state index is 11.1. The molecule has 0 radical (unpaired) electrons. The van der Waals surface area contributed by atoms with Crippen LogP contribution < -0.4 is 10.1 Å². The molecule has 0 aromatic heterocycles. The van der Waals surface area contributed by atoms with E-state index in [-0.39, 0.29) is 13.2 Å². The smallest absolute Gasteiger partial charge is 0.258 e. The van der Waals surface area contributed by atoms with Crippen molar-refractivity contribution in [3.05, 3.63) is 29.8 Å². The van der Waals surface area contributed by atoms with Crippen LogP contribution in [0.3, 0.4) is 0 Å². The Bertz CT molecular complexity index is 423. The van der Waals surface area contributed by atoms with Gasteiger partial charge < -0.3 is 10.1 Å². The highest BCUT2D eigenvalue weighted by atomic mass is 16.5. The molecule has 1 aromatic carbocycles. The number of nitriles is 1. The Morgan fingerprint density at radius 1 is 1.50 bits per heavy atom. The van der Waals surface area contributed by atoms with Gasteiger partial charge in [0.25, 0.3) is 5.91 Å². The molecule has 0 aliphatic heterocycles. The van der Waals surface area contributed by atoms with E-state index in [0.29, 0.717) is 17.6 Å². The molecule has 0 bridgehead atoms. The SMILES string of the molecule is N#CCNC(=O)COc1ccccc1C=O. The molecule has 0 aliphatic rings. The van der Waals surface area contributed by atoms with Crippen molar-refractivity contribution < 1.29 is 14.3 Å². The maximum absolute atomic E-state index is 11.1. The number of nitrogens with one attached hydrogen (secondary N) is 1. The first kappa shape index (κ1) is 11.7. The number of nitrogens with zero attached hydrogens (tertiary/aromatic N) is 1. The van der Waals surface area contributed by atoms with Gasteiger partial charge in [-0.05, 0) is 12.1 Å². The van der Waals surface area contributed by atoms with E-state index in [1.807, 2.05) is 0 Å². The fourth-order valence-corrected chi connectivity index (χ4v) is 1.04. The van der Waals surface area contributed by atoms with E-state index < -0.39 is 5.91 Å². The van der Waals surface area contributed by atoms with E-state index in [1.54, 1.807) is 30.3 Å². The summed E-state index contributed by atoms with van der Waals surface area (Å²) in [6.07, 6.45) is 0.655. The van der Waals surface area contributed by atoms with Gasteiger partial charge in [0.1, 0.15) is 12.3 Å². The van der Waals surface area contributed by atoms with Crippen molar-refractivity contribution in [3.8, 4) is 11.8 Å². The van der Waals surface area contributed by atoms with Crippen LogP contribution in [0.25, 0.3) is 0 Å². The van der Waals surface area contributed by atoms with Gasteiger partial charge >= 0.3 is 0 Å². The van der Waals surface area contributed by atoms with Gasteiger partial charge in [-0.2, -0.15) is 5.26 Å². The predicted molar refractivity (Wildman–Crippen MR) is 55.9 cm³/mol. The molecule has 1 rings (SSSR count). The minimum absolute atomic E-state index is 0.0580. The van der Waals surface area contributed by atoms with Gasteiger partial charge in [-0.3, -0.25) is 9.59 Å². The number of carbonyl (C=O) groups is 2. The molecule has 5 heteroatoms. The molecule has 5 nitrogen and oxygen atoms in total. The van der Waals surface area contributed by atoms with Crippen LogP contribution in [0.1, 0.15) is 10.4 Å². The predicted octanol–water partition coefficient (Wildman–Crippen LogP) is 0.518. The largest absolute Gasteiger partial charge is 0.483 e. The van der Waals surface area contributed by atoms with E-state index in [4.69, 9.17) is 10.00 Å². The number of para-hydroxylation sites is 1. The molecule has 0 saturated carbocycles. The Kier molecular flexibility index (Phi) is 4.54. The molecule has 0 atom stereocenters. The van der Waals surface area contributed by atoms with Crippen LogP contribution in [-0.2, 0) is 4.79 Å². The number of rotatable bonds is 5. The number of ether oxygens (including phenoxy) is 1. The van der Waals surface area contributed by atoms with Crippen LogP contribution in [0.4, 0.5) is 0 Å². The third-order valence-corrected chi connectivity index (χ3v) is 1.77. The summed E-state index contributed by atoms with van der Waals surface area (Å²) in [5.41, 5.74) is 0.385. The second-order valence-corrected chi connectivity index (χ2v) is 2.88. The lowest BCUT2D eigenvalue weighted by Gasteiger charge is -2.07. The molecule has 82 valence electrons. The molecule has 16 heavy (non-hydrogen) atoms. The van der Waals surface area contributed by atoms with Gasteiger partial charge in [0.05, 0.1) is 11.6 Å². The number of hydrogen-bond donors (Lipinski definition) is 1. The molecule has 1 aromatic rings. The number of aldehydes is 1. The molecule has 0 heterocycles. The lowest BCUT2D eigenvalue weighted by molar-refractivity contribution is -0.122. The summed E-state index contributed by atoms with van der Waals surface area (Å²) in [5.74, 6) is -0.0492. The molecule has 1 N–H and O–H groups in total. The van der Waals surface area contributed by atoms with Gasteiger partial charge in [0.2, 0.25) is 0 Å². The summed E-state index contributed by atoms with van der Waals surface area (Å²) in [4.78, 5) is 21.7. The molecular weight excluding hydrogens is 208 g/mol. The first-order valence-electron chi connectivity index (χ1n) is 4.58. The third kappa shape index (κ3) is 3.42. The minimum atomic E-state index is -0.401. The van der Waals surface area contributed by atoms with E-state index in [2.05, 4.69) is 5.32 Å². The standard InChI is InChI=1S/C11H10N2O3/c12-5-6-13-11(15)8-16-10-4-2-1-3-9(10)7-14/h1-4,7H,6,8H2,(H,13,15). The van der Waals surface area contributed by atoms with Crippen molar-refractivity contribution in [2.75, 3.05) is 13.2 Å². The van der Waals surface area contributed by atoms with Crippen LogP contribution in [0.15, 0.2) is 24.3 Å². The third-order valence-electron chi connectivity index (χ3n) is 1.77. The average molecular weight is 218 g/mol. The normalized spacial score (nSPS) is 8.94. The van der Waals surface area contributed by atoms with E-state index in [1.165, 1.54) is 0 Å². The van der Waals surface area contributed by atoms with Crippen LogP contribution in [0.2, 0.25) is 0 Å². The minimum Gasteiger partial charge on any atom is -0.483 e. The molecule has 0 aliphatic carbocycles. The van der Waals surface area contributed by atoms with E-state index >= 15 is 0 Å². The maximum Gasteiger partial charge on any atom is 0.258 e. The quantitative estimate of drug-likeness (QED) is 0.577. The zero-order valence-corrected chi connectivity index (χ0v) is 8.47. The Balaban J connectivity index is 2.51. The first-order valence-corrected chi connectivity index (χ1v) is 4.58. The molecule has 0 saturated heterocycles. The fraction of sp³-hybridized carbons (Fsp3) is 0.182. The highest BCUT2D eigenvalue weighted by molar-refractivity contribution is 5.80. The van der Waals surface area contributed by atoms with Gasteiger partial charge in [0.15, 0.2) is 12.9 Å². The second kappa shape index (κ2) is 6.19. The Morgan fingerprint density at radius 2 is 2.25 bits per heavy atom. The average Bonchev–Trinajstić information content (AvgIpc) is 2.34.